The molecular weight excluding hydrogens is 414 g/mol. The molecule has 3 atom stereocenters. The van der Waals surface area contributed by atoms with Gasteiger partial charge in [-0.15, -0.1) is 0 Å². The molecule has 0 bridgehead atoms. The second-order valence-corrected chi connectivity index (χ2v) is 7.61. The molecule has 0 saturated carbocycles. The highest BCUT2D eigenvalue weighted by molar-refractivity contribution is 6.08. The van der Waals surface area contributed by atoms with E-state index in [1.807, 2.05) is 0 Å². The number of rotatable bonds is 4. The van der Waals surface area contributed by atoms with Gasteiger partial charge in [-0.2, -0.15) is 0 Å². The number of ether oxygens (including phenoxy) is 1. The molecule has 3 aliphatic rings. The number of pyridine rings is 1. The second kappa shape index (κ2) is 6.62. The van der Waals surface area contributed by atoms with Crippen LogP contribution in [-0.2, 0) is 19.9 Å². The monoisotopic (exact) mass is 430 g/mol. The Morgan fingerprint density at radius 2 is 2.13 bits per heavy atom. The van der Waals surface area contributed by atoms with E-state index in [4.69, 9.17) is 9.15 Å². The van der Waals surface area contributed by atoms with Crippen molar-refractivity contribution in [3.05, 3.63) is 53.6 Å². The lowest BCUT2D eigenvalue weighted by atomic mass is 9.89. The quantitative estimate of drug-likeness (QED) is 0.711. The Kier molecular flexibility index (Phi) is 4.11. The van der Waals surface area contributed by atoms with Gasteiger partial charge >= 0.3 is 6.03 Å². The smallest absolute Gasteiger partial charge is 0.322 e. The number of carbonyl (C=O) groups excluding carboxylic acids is 3. The maximum absolute atomic E-state index is 14.7. The zero-order valence-electron chi connectivity index (χ0n) is 16.1. The van der Waals surface area contributed by atoms with Crippen LogP contribution in [0.1, 0.15) is 5.76 Å². The summed E-state index contributed by atoms with van der Waals surface area (Å²) in [7, 11) is 1.31. The number of hydrogen-bond donors (Lipinski definition) is 2. The first-order chi connectivity index (χ1) is 14.8. The molecule has 5 rings (SSSR count). The number of fused-ring (bicyclic) bond motifs is 2. The van der Waals surface area contributed by atoms with E-state index in [0.29, 0.717) is 0 Å². The fourth-order valence-corrected chi connectivity index (χ4v) is 4.31. The number of methoxy groups -OCH3 is 1. The van der Waals surface area contributed by atoms with Crippen molar-refractivity contribution in [2.45, 2.75) is 5.54 Å². The number of allylic oxidation sites excluding steroid dienone is 1. The normalized spacial score (nSPS) is 27.7. The lowest BCUT2D eigenvalue weighted by molar-refractivity contribution is -0.133. The van der Waals surface area contributed by atoms with Crippen molar-refractivity contribution in [1.29, 1.82) is 0 Å². The Bertz CT molecular complexity index is 1210. The molecule has 31 heavy (non-hydrogen) atoms. The van der Waals surface area contributed by atoms with Crippen LogP contribution in [0.5, 0.6) is 0 Å². The minimum absolute atomic E-state index is 0.0178. The van der Waals surface area contributed by atoms with Crippen molar-refractivity contribution < 1.29 is 32.3 Å². The summed E-state index contributed by atoms with van der Waals surface area (Å²) in [4.78, 5) is 42.9. The van der Waals surface area contributed by atoms with Crippen molar-refractivity contribution in [3.63, 3.8) is 0 Å². The van der Waals surface area contributed by atoms with Crippen LogP contribution < -0.4 is 10.6 Å². The summed E-state index contributed by atoms with van der Waals surface area (Å²) in [5, 5.41) is 4.94. The molecule has 9 nitrogen and oxygen atoms in total. The molecule has 2 aromatic rings. The molecule has 160 valence electrons. The van der Waals surface area contributed by atoms with E-state index in [-0.39, 0.29) is 35.7 Å². The number of nitrogens with zero attached hydrogens (tertiary/aromatic N) is 2. The fourth-order valence-electron chi connectivity index (χ4n) is 4.31. The van der Waals surface area contributed by atoms with Crippen LogP contribution in [0, 0.1) is 17.7 Å². The highest BCUT2D eigenvalue weighted by Crippen LogP contribution is 2.40. The van der Waals surface area contributed by atoms with E-state index in [1.54, 1.807) is 6.08 Å². The van der Waals surface area contributed by atoms with Crippen LogP contribution in [-0.4, -0.2) is 47.9 Å². The van der Waals surface area contributed by atoms with E-state index in [2.05, 4.69) is 15.6 Å². The largest absolute Gasteiger partial charge is 0.494 e. The molecule has 2 saturated heterocycles. The minimum Gasteiger partial charge on any atom is -0.494 e. The molecule has 11 heteroatoms. The van der Waals surface area contributed by atoms with E-state index >= 15 is 0 Å². The molecule has 3 unspecified atom stereocenters. The first-order valence-electron chi connectivity index (χ1n) is 9.42. The second-order valence-electron chi connectivity index (χ2n) is 7.61. The van der Waals surface area contributed by atoms with Gasteiger partial charge in [-0.1, -0.05) is 6.08 Å². The third-order valence-corrected chi connectivity index (χ3v) is 5.79. The Balaban J connectivity index is 1.53. The minimum atomic E-state index is -1.77. The predicted octanol–water partition coefficient (Wildman–Crippen LogP) is 1.47. The van der Waals surface area contributed by atoms with E-state index in [1.165, 1.54) is 30.2 Å². The maximum Gasteiger partial charge on any atom is 0.322 e. The van der Waals surface area contributed by atoms with Crippen LogP contribution in [0.25, 0.3) is 11.1 Å². The number of likely N-dealkylation sites (tertiary alicyclic amines) is 1. The number of hydrogen-bond acceptors (Lipinski definition) is 6. The zero-order valence-corrected chi connectivity index (χ0v) is 16.1. The lowest BCUT2D eigenvalue weighted by Gasteiger charge is -2.29. The fraction of sp³-hybridized carbons (Fsp3) is 0.300. The summed E-state index contributed by atoms with van der Waals surface area (Å²) in [6.45, 7) is -0.176. The number of aromatic nitrogens is 1. The lowest BCUT2D eigenvalue weighted by Crippen LogP contribution is -2.53. The Morgan fingerprint density at radius 1 is 1.32 bits per heavy atom. The Morgan fingerprint density at radius 3 is 2.84 bits per heavy atom. The summed E-state index contributed by atoms with van der Waals surface area (Å²) in [6, 6.07) is 1.78. The van der Waals surface area contributed by atoms with Crippen LogP contribution >= 0.6 is 0 Å². The van der Waals surface area contributed by atoms with Gasteiger partial charge in [0.2, 0.25) is 11.6 Å². The zero-order chi connectivity index (χ0) is 21.9. The van der Waals surface area contributed by atoms with Gasteiger partial charge in [0, 0.05) is 17.8 Å². The van der Waals surface area contributed by atoms with Crippen molar-refractivity contribution in [2.75, 3.05) is 20.2 Å². The predicted molar refractivity (Wildman–Crippen MR) is 100 cm³/mol. The number of carbonyl (C=O) groups is 3. The number of imide groups is 1. The highest BCUT2D eigenvalue weighted by atomic mass is 19.1. The van der Waals surface area contributed by atoms with Gasteiger partial charge in [-0.3, -0.25) is 14.9 Å². The van der Waals surface area contributed by atoms with Gasteiger partial charge < -0.3 is 19.4 Å². The average Bonchev–Trinajstić information content (AvgIpc) is 3.37. The topological polar surface area (TPSA) is 114 Å². The van der Waals surface area contributed by atoms with Crippen LogP contribution in [0.3, 0.4) is 0 Å². The molecule has 4 heterocycles. The molecule has 2 N–H and O–H groups in total. The van der Waals surface area contributed by atoms with Gasteiger partial charge in [0.1, 0.15) is 17.5 Å². The number of urea groups is 1. The van der Waals surface area contributed by atoms with E-state index < -0.39 is 46.9 Å². The van der Waals surface area contributed by atoms with Gasteiger partial charge in [-0.25, -0.2) is 18.6 Å². The molecule has 0 aromatic carbocycles. The molecule has 2 aromatic heterocycles. The first-order valence-corrected chi connectivity index (χ1v) is 9.42. The van der Waals surface area contributed by atoms with Crippen molar-refractivity contribution in [3.8, 4) is 0 Å². The van der Waals surface area contributed by atoms with Crippen LogP contribution in [0.2, 0.25) is 0 Å². The van der Waals surface area contributed by atoms with Crippen molar-refractivity contribution in [2.24, 2.45) is 11.8 Å². The molecule has 2 aliphatic heterocycles. The Hall–Kier alpha value is -3.76. The van der Waals surface area contributed by atoms with E-state index in [0.717, 1.165) is 6.20 Å². The molecular formula is C20H16F2N4O5. The van der Waals surface area contributed by atoms with Gasteiger partial charge in [0.15, 0.2) is 17.1 Å². The van der Waals surface area contributed by atoms with Crippen LogP contribution in [0.4, 0.5) is 13.6 Å². The van der Waals surface area contributed by atoms with Gasteiger partial charge in [0.25, 0.3) is 5.91 Å². The number of furan rings is 1. The third kappa shape index (κ3) is 2.80. The third-order valence-electron chi connectivity index (χ3n) is 5.79. The summed E-state index contributed by atoms with van der Waals surface area (Å²) in [5.74, 6) is -4.13. The van der Waals surface area contributed by atoms with Crippen molar-refractivity contribution >= 4 is 28.9 Å². The summed E-state index contributed by atoms with van der Waals surface area (Å²) in [6.07, 6.45) is 4.10. The molecule has 4 amide bonds. The summed E-state index contributed by atoms with van der Waals surface area (Å²) < 4.78 is 38.9. The van der Waals surface area contributed by atoms with Gasteiger partial charge in [0.05, 0.1) is 19.9 Å². The molecule has 0 radical (unpaired) electrons. The average molecular weight is 430 g/mol. The maximum atomic E-state index is 14.7. The molecule has 2 fully saturated rings. The van der Waals surface area contributed by atoms with Crippen LogP contribution in [0.15, 0.2) is 46.5 Å². The number of nitrogens with one attached hydrogen (secondary N) is 2. The SMILES string of the molecule is COC1=C(F)C2C(=O)N(CC3(c4cc5cc(F)cnc5o4)NC(=O)NC3=O)CC2C=C1. The van der Waals surface area contributed by atoms with Crippen molar-refractivity contribution in [1.82, 2.24) is 20.5 Å². The van der Waals surface area contributed by atoms with E-state index in [9.17, 15) is 23.2 Å². The number of halogens is 2. The molecule has 0 spiro atoms. The summed E-state index contributed by atoms with van der Waals surface area (Å²) >= 11 is 0. The Labute approximate surface area is 173 Å². The first kappa shape index (κ1) is 19.2. The standard InChI is InChI=1S/C20H16F2N4O5/c1-30-12-3-2-9-7-26(17(27)14(9)15(12)22)8-20(18(28)24-19(29)25-20)13-5-10-4-11(21)6-23-16(10)31-13/h2-6,9,14H,7-8H2,1H3,(H2,24,25,28,29). The number of amides is 4. The highest BCUT2D eigenvalue weighted by Gasteiger charge is 2.55. The van der Waals surface area contributed by atoms with Gasteiger partial charge in [-0.05, 0) is 18.2 Å². The summed E-state index contributed by atoms with van der Waals surface area (Å²) in [5.41, 5.74) is -1.71. The molecule has 1 aliphatic carbocycles.